The molecule has 3 nitrogen and oxygen atoms in total. The molecule has 0 amide bonds. The van der Waals surface area contributed by atoms with Gasteiger partial charge in [0.1, 0.15) is 5.75 Å². The summed E-state index contributed by atoms with van der Waals surface area (Å²) >= 11 is 0. The molecule has 0 spiro atoms. The molecule has 1 aromatic rings. The van der Waals surface area contributed by atoms with Crippen LogP contribution >= 0.6 is 0 Å². The number of rotatable bonds is 3. The predicted octanol–water partition coefficient (Wildman–Crippen LogP) is 3.20. The van der Waals surface area contributed by atoms with Crippen molar-refractivity contribution in [3.05, 3.63) is 29.3 Å². The van der Waals surface area contributed by atoms with Crippen LogP contribution in [0, 0.1) is 0 Å². The average Bonchev–Trinajstić information content (AvgIpc) is 3.17. The fourth-order valence-electron chi connectivity index (χ4n) is 2.45. The molecule has 0 aliphatic heterocycles. The Morgan fingerprint density at radius 1 is 1.21 bits per heavy atom. The number of methoxy groups -OCH3 is 2. The van der Waals surface area contributed by atoms with Gasteiger partial charge >= 0.3 is 5.97 Å². The maximum atomic E-state index is 12.0. The number of hydrogen-bond acceptors (Lipinski definition) is 3. The van der Waals surface area contributed by atoms with Gasteiger partial charge in [-0.2, -0.15) is 0 Å². The number of ether oxygens (including phenoxy) is 2. The lowest BCUT2D eigenvalue weighted by atomic mass is 9.83. The van der Waals surface area contributed by atoms with E-state index < -0.39 is 5.41 Å². The number of esters is 1. The minimum absolute atomic E-state index is 0.0488. The van der Waals surface area contributed by atoms with Gasteiger partial charge in [0.15, 0.2) is 0 Å². The Hall–Kier alpha value is -1.51. The Kier molecular flexibility index (Phi) is 3.33. The summed E-state index contributed by atoms with van der Waals surface area (Å²) in [7, 11) is 3.09. The third-order valence-electron chi connectivity index (χ3n) is 3.91. The Balaban J connectivity index is 2.52. The molecule has 1 aliphatic rings. The number of benzene rings is 1. The van der Waals surface area contributed by atoms with Gasteiger partial charge in [0.25, 0.3) is 0 Å². The monoisotopic (exact) mass is 262 g/mol. The zero-order chi connectivity index (χ0) is 14.3. The summed E-state index contributed by atoms with van der Waals surface area (Å²) in [4.78, 5) is 12.0. The molecule has 104 valence electrons. The molecule has 0 bridgehead atoms. The Morgan fingerprint density at radius 3 is 2.26 bits per heavy atom. The van der Waals surface area contributed by atoms with Crippen LogP contribution in [-0.2, 0) is 20.4 Å². The van der Waals surface area contributed by atoms with E-state index in [1.807, 2.05) is 6.07 Å². The second-order valence-electron chi connectivity index (χ2n) is 6.24. The molecule has 1 aliphatic carbocycles. The molecule has 1 aromatic carbocycles. The summed E-state index contributed by atoms with van der Waals surface area (Å²) in [6.45, 7) is 6.49. The van der Waals surface area contributed by atoms with E-state index >= 15 is 0 Å². The van der Waals surface area contributed by atoms with Gasteiger partial charge in [-0.1, -0.05) is 32.9 Å². The molecular weight excluding hydrogens is 240 g/mol. The topological polar surface area (TPSA) is 35.5 Å². The molecule has 19 heavy (non-hydrogen) atoms. The molecule has 0 atom stereocenters. The zero-order valence-electron chi connectivity index (χ0n) is 12.4. The maximum Gasteiger partial charge on any atom is 0.316 e. The first-order valence-electron chi connectivity index (χ1n) is 6.62. The third kappa shape index (κ3) is 2.34. The number of hydrogen-bond donors (Lipinski definition) is 0. The van der Waals surface area contributed by atoms with E-state index in [0.717, 1.165) is 24.2 Å². The van der Waals surface area contributed by atoms with E-state index in [1.54, 1.807) is 7.11 Å². The normalized spacial score (nSPS) is 16.9. The summed E-state index contributed by atoms with van der Waals surface area (Å²) < 4.78 is 10.4. The van der Waals surface area contributed by atoms with Crippen LogP contribution in [0.3, 0.4) is 0 Å². The zero-order valence-corrected chi connectivity index (χ0v) is 12.4. The highest BCUT2D eigenvalue weighted by Crippen LogP contribution is 2.52. The number of carbonyl (C=O) groups is 1. The fraction of sp³-hybridized carbons (Fsp3) is 0.562. The van der Waals surface area contributed by atoms with Crippen LogP contribution < -0.4 is 4.74 Å². The van der Waals surface area contributed by atoms with Gasteiger partial charge in [-0.3, -0.25) is 4.79 Å². The van der Waals surface area contributed by atoms with E-state index in [9.17, 15) is 4.79 Å². The third-order valence-corrected chi connectivity index (χ3v) is 3.91. The van der Waals surface area contributed by atoms with Crippen molar-refractivity contribution in [3.63, 3.8) is 0 Å². The lowest BCUT2D eigenvalue weighted by Gasteiger charge is -2.23. The van der Waals surface area contributed by atoms with Crippen LogP contribution in [0.1, 0.15) is 44.7 Å². The first kappa shape index (κ1) is 13.9. The summed E-state index contributed by atoms with van der Waals surface area (Å²) in [5, 5.41) is 0. The quantitative estimate of drug-likeness (QED) is 0.785. The molecule has 1 saturated carbocycles. The van der Waals surface area contributed by atoms with Gasteiger partial charge in [-0.15, -0.1) is 0 Å². The van der Waals surface area contributed by atoms with Gasteiger partial charge in [0, 0.05) is 5.56 Å². The first-order chi connectivity index (χ1) is 8.85. The Bertz CT molecular complexity index is 493. The van der Waals surface area contributed by atoms with Crippen molar-refractivity contribution < 1.29 is 14.3 Å². The Labute approximate surface area is 114 Å². The largest absolute Gasteiger partial charge is 0.496 e. The minimum atomic E-state index is -0.485. The van der Waals surface area contributed by atoms with Crippen LogP contribution in [-0.4, -0.2) is 20.2 Å². The molecule has 0 N–H and O–H groups in total. The second-order valence-corrected chi connectivity index (χ2v) is 6.24. The second kappa shape index (κ2) is 4.55. The van der Waals surface area contributed by atoms with Crippen molar-refractivity contribution in [1.29, 1.82) is 0 Å². The first-order valence-corrected chi connectivity index (χ1v) is 6.62. The Morgan fingerprint density at radius 2 is 1.84 bits per heavy atom. The molecule has 2 rings (SSSR count). The SMILES string of the molecule is COC(=O)C1(c2cc(C(C)(C)C)ccc2OC)CC1. The van der Waals surface area contributed by atoms with Crippen LogP contribution in [0.4, 0.5) is 0 Å². The molecular formula is C16H22O3. The molecule has 0 heterocycles. The van der Waals surface area contributed by atoms with Gasteiger partial charge in [-0.25, -0.2) is 0 Å². The van der Waals surface area contributed by atoms with E-state index in [1.165, 1.54) is 12.7 Å². The van der Waals surface area contributed by atoms with Crippen molar-refractivity contribution in [2.75, 3.05) is 14.2 Å². The summed E-state index contributed by atoms with van der Waals surface area (Å²) in [5.74, 6) is 0.618. The van der Waals surface area contributed by atoms with E-state index in [4.69, 9.17) is 9.47 Å². The smallest absolute Gasteiger partial charge is 0.316 e. The standard InChI is InChI=1S/C16H22O3/c1-15(2,3)11-6-7-13(18-4)12(10-11)16(8-9-16)14(17)19-5/h6-7,10H,8-9H2,1-5H3. The molecule has 0 saturated heterocycles. The predicted molar refractivity (Wildman–Crippen MR) is 74.6 cm³/mol. The highest BCUT2D eigenvalue weighted by atomic mass is 16.5. The van der Waals surface area contributed by atoms with Crippen molar-refractivity contribution in [3.8, 4) is 5.75 Å². The summed E-state index contributed by atoms with van der Waals surface area (Å²) in [6.07, 6.45) is 1.67. The lowest BCUT2D eigenvalue weighted by Crippen LogP contribution is -2.23. The van der Waals surface area contributed by atoms with Gasteiger partial charge in [0.05, 0.1) is 19.6 Å². The highest BCUT2D eigenvalue weighted by molar-refractivity contribution is 5.87. The van der Waals surface area contributed by atoms with Crippen LogP contribution in [0.2, 0.25) is 0 Å². The maximum absolute atomic E-state index is 12.0. The van der Waals surface area contributed by atoms with Crippen molar-refractivity contribution in [1.82, 2.24) is 0 Å². The van der Waals surface area contributed by atoms with Gasteiger partial charge in [-0.05, 0) is 29.9 Å². The van der Waals surface area contributed by atoms with Crippen molar-refractivity contribution in [2.45, 2.75) is 44.4 Å². The summed E-state index contributed by atoms with van der Waals surface area (Å²) in [6, 6.07) is 6.12. The van der Waals surface area contributed by atoms with Crippen molar-refractivity contribution >= 4 is 5.97 Å². The van der Waals surface area contributed by atoms with Crippen molar-refractivity contribution in [2.24, 2.45) is 0 Å². The van der Waals surface area contributed by atoms with E-state index in [0.29, 0.717) is 0 Å². The summed E-state index contributed by atoms with van der Waals surface area (Å²) in [5.41, 5.74) is 1.74. The number of carbonyl (C=O) groups excluding carboxylic acids is 1. The van der Waals surface area contributed by atoms with Gasteiger partial charge < -0.3 is 9.47 Å². The minimum Gasteiger partial charge on any atom is -0.496 e. The van der Waals surface area contributed by atoms with E-state index in [2.05, 4.69) is 32.9 Å². The van der Waals surface area contributed by atoms with Crippen LogP contribution in [0.5, 0.6) is 5.75 Å². The highest BCUT2D eigenvalue weighted by Gasteiger charge is 2.54. The van der Waals surface area contributed by atoms with Crippen LogP contribution in [0.25, 0.3) is 0 Å². The molecule has 3 heteroatoms. The fourth-order valence-corrected chi connectivity index (χ4v) is 2.45. The lowest BCUT2D eigenvalue weighted by molar-refractivity contribution is -0.143. The van der Waals surface area contributed by atoms with E-state index in [-0.39, 0.29) is 11.4 Å². The molecule has 1 fully saturated rings. The van der Waals surface area contributed by atoms with Crippen LogP contribution in [0.15, 0.2) is 18.2 Å². The molecule has 0 unspecified atom stereocenters. The molecule has 0 aromatic heterocycles. The average molecular weight is 262 g/mol. The molecule has 0 radical (unpaired) electrons. The van der Waals surface area contributed by atoms with Gasteiger partial charge in [0.2, 0.25) is 0 Å².